The van der Waals surface area contributed by atoms with E-state index >= 15 is 0 Å². The summed E-state index contributed by atoms with van der Waals surface area (Å²) >= 11 is 0. The highest BCUT2D eigenvalue weighted by Crippen LogP contribution is 2.27. The SMILES string of the molecule is Cc1cn(C2OC(CO)C(O)C2O)c(=O)n(/C=C/C=O)c1=O. The van der Waals surface area contributed by atoms with Crippen molar-refractivity contribution in [2.75, 3.05) is 6.61 Å². The third-order valence-corrected chi connectivity index (χ3v) is 3.42. The van der Waals surface area contributed by atoms with E-state index in [1.54, 1.807) is 0 Å². The van der Waals surface area contributed by atoms with Crippen molar-refractivity contribution in [3.63, 3.8) is 0 Å². The minimum atomic E-state index is -1.45. The molecular formula is C13H16N2O7. The number of nitrogens with zero attached hydrogens (tertiary/aromatic N) is 2. The summed E-state index contributed by atoms with van der Waals surface area (Å²) in [5.74, 6) is 0. The Morgan fingerprint density at radius 1 is 1.32 bits per heavy atom. The quantitative estimate of drug-likeness (QED) is 0.417. The molecule has 0 radical (unpaired) electrons. The number of aliphatic hydroxyl groups excluding tert-OH is 3. The molecule has 0 aliphatic carbocycles. The van der Waals surface area contributed by atoms with Crippen LogP contribution >= 0.6 is 0 Å². The van der Waals surface area contributed by atoms with Gasteiger partial charge in [0.2, 0.25) is 0 Å². The molecule has 2 heterocycles. The summed E-state index contributed by atoms with van der Waals surface area (Å²) in [7, 11) is 0. The van der Waals surface area contributed by atoms with E-state index < -0.39 is 42.4 Å². The summed E-state index contributed by atoms with van der Waals surface area (Å²) in [4.78, 5) is 34.6. The van der Waals surface area contributed by atoms with Crippen LogP contribution in [0.15, 0.2) is 21.9 Å². The van der Waals surface area contributed by atoms with Gasteiger partial charge in [-0.25, -0.2) is 9.36 Å². The number of aromatic nitrogens is 2. The number of ether oxygens (including phenoxy) is 1. The van der Waals surface area contributed by atoms with Gasteiger partial charge in [0.1, 0.15) is 24.6 Å². The second-order valence-corrected chi connectivity index (χ2v) is 4.88. The van der Waals surface area contributed by atoms with E-state index in [1.165, 1.54) is 13.1 Å². The van der Waals surface area contributed by atoms with E-state index in [9.17, 15) is 24.6 Å². The van der Waals surface area contributed by atoms with Crippen LogP contribution in [-0.2, 0) is 9.53 Å². The van der Waals surface area contributed by atoms with Crippen molar-refractivity contribution in [3.8, 4) is 0 Å². The van der Waals surface area contributed by atoms with Gasteiger partial charge in [0.05, 0.1) is 6.61 Å². The molecule has 4 atom stereocenters. The van der Waals surface area contributed by atoms with Crippen LogP contribution in [0.1, 0.15) is 11.8 Å². The van der Waals surface area contributed by atoms with Crippen molar-refractivity contribution in [3.05, 3.63) is 38.7 Å². The van der Waals surface area contributed by atoms with Gasteiger partial charge in [0.25, 0.3) is 5.56 Å². The van der Waals surface area contributed by atoms with Crippen molar-refractivity contribution in [1.82, 2.24) is 9.13 Å². The first kappa shape index (κ1) is 16.3. The van der Waals surface area contributed by atoms with Crippen molar-refractivity contribution in [2.24, 2.45) is 0 Å². The van der Waals surface area contributed by atoms with E-state index in [1.807, 2.05) is 0 Å². The van der Waals surface area contributed by atoms with Crippen LogP contribution in [0.3, 0.4) is 0 Å². The van der Waals surface area contributed by atoms with Gasteiger partial charge in [-0.15, -0.1) is 0 Å². The number of aliphatic hydroxyl groups is 3. The maximum Gasteiger partial charge on any atom is 0.337 e. The molecule has 1 aromatic heterocycles. The molecule has 4 unspecified atom stereocenters. The molecule has 1 aromatic rings. The predicted octanol–water partition coefficient (Wildman–Crippen LogP) is -2.40. The zero-order valence-electron chi connectivity index (χ0n) is 11.7. The molecule has 0 aromatic carbocycles. The Hall–Kier alpha value is -2.07. The second-order valence-electron chi connectivity index (χ2n) is 4.88. The third kappa shape index (κ3) is 2.66. The van der Waals surface area contributed by atoms with Crippen LogP contribution < -0.4 is 11.2 Å². The standard InChI is InChI=1S/C13H16N2O7/c1-7-5-15(12-10(19)9(18)8(6-17)22-12)13(21)14(11(7)20)3-2-4-16/h2-5,8-10,12,17-19H,6H2,1H3/b3-2+. The number of aldehydes is 1. The summed E-state index contributed by atoms with van der Waals surface area (Å²) in [5.41, 5.74) is -1.29. The molecule has 0 spiro atoms. The lowest BCUT2D eigenvalue weighted by Gasteiger charge is -2.18. The Balaban J connectivity index is 2.55. The first-order valence-electron chi connectivity index (χ1n) is 6.51. The molecule has 0 bridgehead atoms. The van der Waals surface area contributed by atoms with Gasteiger partial charge in [-0.2, -0.15) is 0 Å². The highest BCUT2D eigenvalue weighted by Gasteiger charge is 2.43. The van der Waals surface area contributed by atoms with Crippen LogP contribution in [0.5, 0.6) is 0 Å². The fourth-order valence-electron chi connectivity index (χ4n) is 2.27. The zero-order valence-corrected chi connectivity index (χ0v) is 11.7. The molecular weight excluding hydrogens is 296 g/mol. The highest BCUT2D eigenvalue weighted by molar-refractivity contribution is 5.69. The minimum absolute atomic E-state index is 0.174. The largest absolute Gasteiger partial charge is 0.394 e. The Morgan fingerprint density at radius 3 is 2.55 bits per heavy atom. The van der Waals surface area contributed by atoms with Crippen LogP contribution in [0.2, 0.25) is 0 Å². The lowest BCUT2D eigenvalue weighted by atomic mass is 10.1. The zero-order chi connectivity index (χ0) is 16.4. The highest BCUT2D eigenvalue weighted by atomic mass is 16.6. The van der Waals surface area contributed by atoms with Crippen LogP contribution in [-0.4, -0.2) is 55.7 Å². The number of carbonyl (C=O) groups is 1. The van der Waals surface area contributed by atoms with Crippen molar-refractivity contribution in [2.45, 2.75) is 31.5 Å². The van der Waals surface area contributed by atoms with Crippen molar-refractivity contribution in [1.29, 1.82) is 0 Å². The topological polar surface area (TPSA) is 131 Å². The lowest BCUT2D eigenvalue weighted by molar-refractivity contribution is -0.104. The van der Waals surface area contributed by atoms with Gasteiger partial charge in [-0.3, -0.25) is 14.2 Å². The Labute approximate surface area is 124 Å². The summed E-state index contributed by atoms with van der Waals surface area (Å²) < 4.78 is 6.89. The van der Waals surface area contributed by atoms with Gasteiger partial charge >= 0.3 is 5.69 Å². The summed E-state index contributed by atoms with van der Waals surface area (Å²) in [6, 6.07) is 0. The molecule has 2 rings (SSSR count). The van der Waals surface area contributed by atoms with E-state index in [2.05, 4.69) is 0 Å². The number of hydrogen-bond acceptors (Lipinski definition) is 7. The fraction of sp³-hybridized carbons (Fsp3) is 0.462. The van der Waals surface area contributed by atoms with E-state index in [0.717, 1.165) is 16.8 Å². The Bertz CT molecular complexity index is 705. The Kier molecular flexibility index (Phi) is 4.71. The molecule has 22 heavy (non-hydrogen) atoms. The van der Waals surface area contributed by atoms with Gasteiger partial charge in [0, 0.05) is 18.0 Å². The van der Waals surface area contributed by atoms with Crippen molar-refractivity contribution < 1.29 is 24.9 Å². The number of rotatable bonds is 4. The third-order valence-electron chi connectivity index (χ3n) is 3.42. The van der Waals surface area contributed by atoms with Crippen LogP contribution in [0.4, 0.5) is 0 Å². The average Bonchev–Trinajstić information content (AvgIpc) is 2.79. The Morgan fingerprint density at radius 2 is 2.00 bits per heavy atom. The van der Waals surface area contributed by atoms with Gasteiger partial charge in [0.15, 0.2) is 6.23 Å². The number of hydrogen-bond donors (Lipinski definition) is 3. The van der Waals surface area contributed by atoms with Gasteiger partial charge < -0.3 is 20.1 Å². The summed E-state index contributed by atoms with van der Waals surface area (Å²) in [5, 5.41) is 28.8. The lowest BCUT2D eigenvalue weighted by Crippen LogP contribution is -2.42. The maximum absolute atomic E-state index is 12.3. The van der Waals surface area contributed by atoms with Crippen LogP contribution in [0, 0.1) is 6.92 Å². The van der Waals surface area contributed by atoms with Gasteiger partial charge in [-0.05, 0) is 13.0 Å². The maximum atomic E-state index is 12.3. The molecule has 0 amide bonds. The molecule has 1 fully saturated rings. The van der Waals surface area contributed by atoms with Gasteiger partial charge in [-0.1, -0.05) is 0 Å². The van der Waals surface area contributed by atoms with Crippen molar-refractivity contribution >= 4 is 12.5 Å². The predicted molar refractivity (Wildman–Crippen MR) is 74.1 cm³/mol. The number of aryl methyl sites for hydroxylation is 1. The monoisotopic (exact) mass is 312 g/mol. The summed E-state index contributed by atoms with van der Waals surface area (Å²) in [6.45, 7) is 0.915. The first-order chi connectivity index (χ1) is 10.4. The smallest absolute Gasteiger partial charge is 0.337 e. The molecule has 120 valence electrons. The van der Waals surface area contributed by atoms with E-state index in [-0.39, 0.29) is 5.56 Å². The van der Waals surface area contributed by atoms with E-state index in [4.69, 9.17) is 9.84 Å². The van der Waals surface area contributed by atoms with Crippen LogP contribution in [0.25, 0.3) is 6.20 Å². The molecule has 0 saturated carbocycles. The molecule has 9 nitrogen and oxygen atoms in total. The molecule has 1 saturated heterocycles. The molecule has 3 N–H and O–H groups in total. The molecule has 1 aliphatic heterocycles. The average molecular weight is 312 g/mol. The minimum Gasteiger partial charge on any atom is -0.394 e. The first-order valence-corrected chi connectivity index (χ1v) is 6.51. The number of allylic oxidation sites excluding steroid dienone is 1. The second kappa shape index (κ2) is 6.36. The number of carbonyl (C=O) groups excluding carboxylic acids is 1. The molecule has 1 aliphatic rings. The normalized spacial score (nSPS) is 28.4. The fourth-order valence-corrected chi connectivity index (χ4v) is 2.27. The molecule has 9 heteroatoms. The van der Waals surface area contributed by atoms with E-state index in [0.29, 0.717) is 10.9 Å². The summed E-state index contributed by atoms with van der Waals surface area (Å²) in [6.07, 6.45) is -1.54.